The molecule has 3 aromatic rings. The van der Waals surface area contributed by atoms with E-state index in [0.717, 1.165) is 0 Å². The van der Waals surface area contributed by atoms with Crippen molar-refractivity contribution < 1.29 is 13.9 Å². The Morgan fingerprint density at radius 1 is 1.42 bits per heavy atom. The van der Waals surface area contributed by atoms with Crippen LogP contribution in [-0.4, -0.2) is 23.0 Å². The van der Waals surface area contributed by atoms with E-state index in [-0.39, 0.29) is 22.7 Å². The van der Waals surface area contributed by atoms with Crippen LogP contribution >= 0.6 is 11.6 Å². The Morgan fingerprint density at radius 2 is 2.19 bits per heavy atom. The number of H-pyrrole nitrogens is 1. The van der Waals surface area contributed by atoms with Crippen molar-refractivity contribution in [2.24, 2.45) is 0 Å². The molecular formula is C18H12ClN3O4. The maximum Gasteiger partial charge on any atom is 0.341 e. The number of aryl methyl sites for hydroxylation is 1. The number of ether oxygens (including phenoxy) is 1. The van der Waals surface area contributed by atoms with Gasteiger partial charge in [0.15, 0.2) is 5.82 Å². The molecule has 1 aromatic carbocycles. The molecule has 0 radical (unpaired) electrons. The zero-order valence-electron chi connectivity index (χ0n) is 13.8. The van der Waals surface area contributed by atoms with Gasteiger partial charge >= 0.3 is 5.97 Å². The molecule has 3 rings (SSSR count). The van der Waals surface area contributed by atoms with Crippen LogP contribution in [0, 0.1) is 18.3 Å². The molecule has 0 amide bonds. The highest BCUT2D eigenvalue weighted by Crippen LogP contribution is 2.22. The molecule has 0 aliphatic heterocycles. The van der Waals surface area contributed by atoms with Crippen LogP contribution in [0.2, 0.25) is 5.02 Å². The third kappa shape index (κ3) is 3.23. The number of aromatic amines is 1. The van der Waals surface area contributed by atoms with E-state index in [9.17, 15) is 14.9 Å². The zero-order chi connectivity index (χ0) is 18.8. The number of benzene rings is 1. The van der Waals surface area contributed by atoms with E-state index >= 15 is 0 Å². The fraction of sp³-hybridized carbons (Fsp3) is 0.111. The van der Waals surface area contributed by atoms with Crippen molar-refractivity contribution in [3.8, 4) is 6.07 Å². The first-order valence-corrected chi connectivity index (χ1v) is 7.81. The maximum absolute atomic E-state index is 12.2. The van der Waals surface area contributed by atoms with E-state index in [2.05, 4.69) is 14.7 Å². The molecule has 0 atom stereocenters. The number of nitriles is 1. The second kappa shape index (κ2) is 6.86. The van der Waals surface area contributed by atoms with E-state index in [4.69, 9.17) is 16.0 Å². The summed E-state index contributed by atoms with van der Waals surface area (Å²) in [6, 6.07) is 8.10. The topological polar surface area (TPSA) is 109 Å². The highest BCUT2D eigenvalue weighted by atomic mass is 35.5. The van der Waals surface area contributed by atoms with Crippen LogP contribution in [0.25, 0.3) is 22.6 Å². The first-order chi connectivity index (χ1) is 12.4. The lowest BCUT2D eigenvalue weighted by molar-refractivity contribution is 0.0599. The lowest BCUT2D eigenvalue weighted by Gasteiger charge is -2.02. The molecule has 0 saturated carbocycles. The normalized spacial score (nSPS) is 11.4. The SMILES string of the molecule is COC(=O)c1cc(/C=C(\C#N)c2nc3cc(Cl)ccc3c(=O)[nH]2)oc1C. The van der Waals surface area contributed by atoms with Gasteiger partial charge in [0.1, 0.15) is 23.2 Å². The number of halogens is 1. The van der Waals surface area contributed by atoms with Crippen LogP contribution in [0.15, 0.2) is 33.5 Å². The van der Waals surface area contributed by atoms with Gasteiger partial charge in [-0.2, -0.15) is 5.26 Å². The Labute approximate surface area is 152 Å². The van der Waals surface area contributed by atoms with Crippen LogP contribution in [-0.2, 0) is 4.74 Å². The summed E-state index contributed by atoms with van der Waals surface area (Å²) < 4.78 is 10.1. The van der Waals surface area contributed by atoms with E-state index in [1.165, 1.54) is 25.3 Å². The summed E-state index contributed by atoms with van der Waals surface area (Å²) in [6.07, 6.45) is 1.38. The first kappa shape index (κ1) is 17.5. The molecule has 0 saturated heterocycles. The van der Waals surface area contributed by atoms with Gasteiger partial charge in [-0.05, 0) is 31.2 Å². The second-order valence-electron chi connectivity index (χ2n) is 5.36. The molecular weight excluding hydrogens is 358 g/mol. The van der Waals surface area contributed by atoms with Crippen molar-refractivity contribution in [2.75, 3.05) is 7.11 Å². The van der Waals surface area contributed by atoms with Crippen LogP contribution in [0.1, 0.15) is 27.7 Å². The van der Waals surface area contributed by atoms with Gasteiger partial charge in [-0.15, -0.1) is 0 Å². The van der Waals surface area contributed by atoms with Crippen LogP contribution in [0.3, 0.4) is 0 Å². The van der Waals surface area contributed by atoms with Gasteiger partial charge in [-0.3, -0.25) is 4.79 Å². The number of carbonyl (C=O) groups is 1. The number of fused-ring (bicyclic) bond motifs is 1. The number of hydrogen-bond donors (Lipinski definition) is 1. The molecule has 26 heavy (non-hydrogen) atoms. The molecule has 0 aliphatic rings. The van der Waals surface area contributed by atoms with E-state index in [1.807, 2.05) is 6.07 Å². The molecule has 130 valence electrons. The minimum Gasteiger partial charge on any atom is -0.465 e. The van der Waals surface area contributed by atoms with E-state index < -0.39 is 11.5 Å². The van der Waals surface area contributed by atoms with Crippen molar-refractivity contribution >= 4 is 40.1 Å². The highest BCUT2D eigenvalue weighted by molar-refractivity contribution is 6.31. The fourth-order valence-electron chi connectivity index (χ4n) is 2.42. The van der Waals surface area contributed by atoms with Crippen molar-refractivity contribution in [3.63, 3.8) is 0 Å². The first-order valence-electron chi connectivity index (χ1n) is 7.43. The minimum absolute atomic E-state index is 0.0640. The predicted molar refractivity (Wildman–Crippen MR) is 95.6 cm³/mol. The zero-order valence-corrected chi connectivity index (χ0v) is 14.5. The number of carbonyl (C=O) groups excluding carboxylic acids is 1. The highest BCUT2D eigenvalue weighted by Gasteiger charge is 2.16. The van der Waals surface area contributed by atoms with Gasteiger partial charge in [-0.1, -0.05) is 11.6 Å². The fourth-order valence-corrected chi connectivity index (χ4v) is 2.59. The lowest BCUT2D eigenvalue weighted by atomic mass is 10.2. The molecule has 2 aromatic heterocycles. The Bertz CT molecular complexity index is 1150. The van der Waals surface area contributed by atoms with Crippen molar-refractivity contribution in [1.82, 2.24) is 9.97 Å². The summed E-state index contributed by atoms with van der Waals surface area (Å²) in [7, 11) is 1.26. The van der Waals surface area contributed by atoms with Gasteiger partial charge in [0.25, 0.3) is 5.56 Å². The summed E-state index contributed by atoms with van der Waals surface area (Å²) in [6.45, 7) is 1.60. The number of rotatable bonds is 3. The molecule has 1 N–H and O–H groups in total. The maximum atomic E-state index is 12.2. The number of aromatic nitrogens is 2. The quantitative estimate of drug-likeness (QED) is 0.560. The van der Waals surface area contributed by atoms with E-state index in [0.29, 0.717) is 21.7 Å². The molecule has 0 unspecified atom stereocenters. The number of furan rings is 1. The molecule has 0 fully saturated rings. The van der Waals surface area contributed by atoms with Gasteiger partial charge in [0.2, 0.25) is 0 Å². The predicted octanol–water partition coefficient (Wildman–Crippen LogP) is 3.33. The monoisotopic (exact) mass is 369 g/mol. The Hall–Kier alpha value is -3.37. The Morgan fingerprint density at radius 3 is 2.88 bits per heavy atom. The Kier molecular flexibility index (Phi) is 4.61. The van der Waals surface area contributed by atoms with Crippen molar-refractivity contribution in [3.05, 3.63) is 62.6 Å². The van der Waals surface area contributed by atoms with Crippen LogP contribution in [0.5, 0.6) is 0 Å². The van der Waals surface area contributed by atoms with Crippen LogP contribution in [0.4, 0.5) is 0 Å². The average Bonchev–Trinajstić information content (AvgIpc) is 2.98. The van der Waals surface area contributed by atoms with Gasteiger partial charge in [-0.25, -0.2) is 9.78 Å². The largest absolute Gasteiger partial charge is 0.465 e. The second-order valence-corrected chi connectivity index (χ2v) is 5.79. The summed E-state index contributed by atoms with van der Waals surface area (Å²) in [5, 5.41) is 10.2. The van der Waals surface area contributed by atoms with Crippen molar-refractivity contribution in [1.29, 1.82) is 5.26 Å². The number of allylic oxidation sites excluding steroid dienone is 1. The molecule has 7 nitrogen and oxygen atoms in total. The number of hydrogen-bond acceptors (Lipinski definition) is 6. The number of nitrogens with one attached hydrogen (secondary N) is 1. The number of methoxy groups -OCH3 is 1. The molecule has 8 heteroatoms. The lowest BCUT2D eigenvalue weighted by Crippen LogP contribution is -2.11. The molecule has 2 heterocycles. The molecule has 0 spiro atoms. The number of nitrogens with zero attached hydrogens (tertiary/aromatic N) is 2. The Balaban J connectivity index is 2.11. The van der Waals surface area contributed by atoms with Crippen molar-refractivity contribution in [2.45, 2.75) is 6.92 Å². The van der Waals surface area contributed by atoms with Crippen LogP contribution < -0.4 is 5.56 Å². The summed E-state index contributed by atoms with van der Waals surface area (Å²) >= 11 is 5.94. The van der Waals surface area contributed by atoms with Gasteiger partial charge < -0.3 is 14.1 Å². The average molecular weight is 370 g/mol. The minimum atomic E-state index is -0.545. The van der Waals surface area contributed by atoms with Gasteiger partial charge in [0, 0.05) is 11.1 Å². The standard InChI is InChI=1S/C18H12ClN3O4/c1-9-14(18(24)25-2)7-12(26-9)5-10(8-20)16-21-15-6-11(19)3-4-13(15)17(23)22-16/h3-7H,1-2H3,(H,21,22,23)/b10-5+. The third-order valence-corrected chi connectivity index (χ3v) is 3.91. The smallest absolute Gasteiger partial charge is 0.341 e. The molecule has 0 bridgehead atoms. The summed E-state index contributed by atoms with van der Waals surface area (Å²) in [5.74, 6) is 0.137. The molecule has 0 aliphatic carbocycles. The number of esters is 1. The summed E-state index contributed by atoms with van der Waals surface area (Å²) in [5.41, 5.74) is 0.286. The van der Waals surface area contributed by atoms with Gasteiger partial charge in [0.05, 0.1) is 23.6 Å². The third-order valence-electron chi connectivity index (χ3n) is 3.67. The summed E-state index contributed by atoms with van der Waals surface area (Å²) in [4.78, 5) is 30.7. The van der Waals surface area contributed by atoms with E-state index in [1.54, 1.807) is 19.1 Å².